The fourth-order valence-electron chi connectivity index (χ4n) is 4.26. The Balaban J connectivity index is 2.08. The molecule has 0 aromatic heterocycles. The van der Waals surface area contributed by atoms with Crippen LogP contribution in [0.5, 0.6) is 0 Å². The van der Waals surface area contributed by atoms with E-state index in [1.54, 1.807) is 36.4 Å². The lowest BCUT2D eigenvalue weighted by molar-refractivity contribution is -0.140. The molecule has 0 saturated carbocycles. The minimum absolute atomic E-state index is 0.0392. The number of rotatable bonds is 11. The van der Waals surface area contributed by atoms with E-state index in [-0.39, 0.29) is 18.9 Å². The highest BCUT2D eigenvalue weighted by atomic mass is 35.5. The van der Waals surface area contributed by atoms with Gasteiger partial charge in [-0.15, -0.1) is 0 Å². The molecular formula is C29H34ClN3O4S. The van der Waals surface area contributed by atoms with Gasteiger partial charge < -0.3 is 10.2 Å². The van der Waals surface area contributed by atoms with Gasteiger partial charge in [-0.3, -0.25) is 13.9 Å². The molecule has 0 spiro atoms. The van der Waals surface area contributed by atoms with Crippen molar-refractivity contribution in [1.82, 2.24) is 10.2 Å². The van der Waals surface area contributed by atoms with E-state index in [1.165, 1.54) is 4.90 Å². The van der Waals surface area contributed by atoms with Gasteiger partial charge in [0.1, 0.15) is 12.6 Å². The molecule has 0 aliphatic heterocycles. The van der Waals surface area contributed by atoms with Crippen LogP contribution in [0.25, 0.3) is 0 Å². The zero-order valence-corrected chi connectivity index (χ0v) is 23.7. The molecule has 9 heteroatoms. The van der Waals surface area contributed by atoms with E-state index in [0.29, 0.717) is 22.8 Å². The predicted octanol–water partition coefficient (Wildman–Crippen LogP) is 4.50. The predicted molar refractivity (Wildman–Crippen MR) is 153 cm³/mol. The molecule has 2 amide bonds. The number of hydrogen-bond acceptors (Lipinski definition) is 4. The van der Waals surface area contributed by atoms with Gasteiger partial charge >= 0.3 is 0 Å². The van der Waals surface area contributed by atoms with Gasteiger partial charge in [0.2, 0.25) is 21.8 Å². The van der Waals surface area contributed by atoms with E-state index in [9.17, 15) is 18.0 Å². The molecule has 3 aromatic carbocycles. The largest absolute Gasteiger partial charge is 0.355 e. The number of carbonyl (C=O) groups is 2. The van der Waals surface area contributed by atoms with Crippen LogP contribution in [0.15, 0.2) is 72.8 Å². The van der Waals surface area contributed by atoms with E-state index in [0.717, 1.165) is 27.3 Å². The lowest BCUT2D eigenvalue weighted by Gasteiger charge is -2.34. The molecule has 0 fully saturated rings. The van der Waals surface area contributed by atoms with Crippen molar-refractivity contribution in [3.63, 3.8) is 0 Å². The molecule has 3 aromatic rings. The summed E-state index contributed by atoms with van der Waals surface area (Å²) in [4.78, 5) is 28.8. The van der Waals surface area contributed by atoms with Gasteiger partial charge in [0.25, 0.3) is 0 Å². The van der Waals surface area contributed by atoms with Gasteiger partial charge in [-0.1, -0.05) is 72.3 Å². The number of amides is 2. The van der Waals surface area contributed by atoms with Crippen LogP contribution in [0.4, 0.5) is 5.69 Å². The number of hydrogen-bond donors (Lipinski definition) is 1. The summed E-state index contributed by atoms with van der Waals surface area (Å²) in [5.41, 5.74) is 3.61. The monoisotopic (exact) mass is 555 g/mol. The Morgan fingerprint density at radius 2 is 1.61 bits per heavy atom. The normalized spacial score (nSPS) is 12.0. The summed E-state index contributed by atoms with van der Waals surface area (Å²) in [6, 6.07) is 20.9. The van der Waals surface area contributed by atoms with Crippen molar-refractivity contribution in [1.29, 1.82) is 0 Å². The number of aryl methyl sites for hydroxylation is 1. The van der Waals surface area contributed by atoms with Crippen LogP contribution in [-0.2, 0) is 32.6 Å². The second-order valence-corrected chi connectivity index (χ2v) is 11.5. The van der Waals surface area contributed by atoms with Gasteiger partial charge in [-0.2, -0.15) is 0 Å². The molecule has 0 bridgehead atoms. The molecule has 0 heterocycles. The lowest BCUT2D eigenvalue weighted by Crippen LogP contribution is -2.53. The first-order chi connectivity index (χ1) is 18.0. The maximum atomic E-state index is 14.0. The Morgan fingerprint density at radius 3 is 2.24 bits per heavy atom. The van der Waals surface area contributed by atoms with Crippen molar-refractivity contribution < 1.29 is 18.0 Å². The maximum absolute atomic E-state index is 14.0. The second kappa shape index (κ2) is 12.9. The molecule has 0 aliphatic rings. The van der Waals surface area contributed by atoms with Crippen LogP contribution in [0.1, 0.15) is 29.2 Å². The summed E-state index contributed by atoms with van der Waals surface area (Å²) in [6.45, 7) is 5.48. The number of sulfonamides is 1. The Labute approximate surface area is 230 Å². The molecule has 0 radical (unpaired) electrons. The van der Waals surface area contributed by atoms with Crippen molar-refractivity contribution in [3.8, 4) is 0 Å². The summed E-state index contributed by atoms with van der Waals surface area (Å²) in [7, 11) is -3.82. The first kappa shape index (κ1) is 29.2. The zero-order chi connectivity index (χ0) is 27.9. The van der Waals surface area contributed by atoms with Crippen LogP contribution in [0.3, 0.4) is 0 Å². The Morgan fingerprint density at radius 1 is 0.947 bits per heavy atom. The minimum Gasteiger partial charge on any atom is -0.355 e. The average Bonchev–Trinajstić information content (AvgIpc) is 2.87. The van der Waals surface area contributed by atoms with Gasteiger partial charge in [-0.05, 0) is 55.2 Å². The number of nitrogens with zero attached hydrogens (tertiary/aromatic N) is 2. The minimum atomic E-state index is -3.82. The smallest absolute Gasteiger partial charge is 0.244 e. The first-order valence-corrected chi connectivity index (χ1v) is 14.6. The average molecular weight is 556 g/mol. The van der Waals surface area contributed by atoms with Crippen molar-refractivity contribution >= 4 is 39.1 Å². The fourth-order valence-corrected chi connectivity index (χ4v) is 5.35. The fraction of sp³-hybridized carbons (Fsp3) is 0.310. The molecule has 1 atom stereocenters. The van der Waals surface area contributed by atoms with Crippen molar-refractivity contribution in [2.45, 2.75) is 39.8 Å². The van der Waals surface area contributed by atoms with Crippen molar-refractivity contribution in [2.24, 2.45) is 0 Å². The van der Waals surface area contributed by atoms with Crippen molar-refractivity contribution in [2.75, 3.05) is 23.7 Å². The molecule has 202 valence electrons. The Hall–Kier alpha value is -3.36. The topological polar surface area (TPSA) is 86.8 Å². The van der Waals surface area contributed by atoms with Gasteiger partial charge in [0, 0.05) is 24.5 Å². The van der Waals surface area contributed by atoms with Gasteiger partial charge in [-0.25, -0.2) is 8.42 Å². The number of carbonyl (C=O) groups excluding carboxylic acids is 2. The first-order valence-electron chi connectivity index (χ1n) is 12.4. The van der Waals surface area contributed by atoms with Gasteiger partial charge in [0.15, 0.2) is 0 Å². The van der Waals surface area contributed by atoms with Crippen LogP contribution < -0.4 is 9.62 Å². The molecule has 7 nitrogen and oxygen atoms in total. The van der Waals surface area contributed by atoms with Crippen LogP contribution in [0, 0.1) is 13.8 Å². The molecule has 0 unspecified atom stereocenters. The summed E-state index contributed by atoms with van der Waals surface area (Å²) >= 11 is 6.45. The zero-order valence-electron chi connectivity index (χ0n) is 22.1. The van der Waals surface area contributed by atoms with E-state index in [1.807, 2.05) is 57.2 Å². The van der Waals surface area contributed by atoms with E-state index in [4.69, 9.17) is 11.6 Å². The lowest BCUT2D eigenvalue weighted by atomic mass is 10.0. The van der Waals surface area contributed by atoms with Crippen LogP contribution in [-0.4, -0.2) is 50.5 Å². The third-order valence-electron chi connectivity index (χ3n) is 6.44. The molecule has 0 saturated heterocycles. The van der Waals surface area contributed by atoms with E-state index >= 15 is 0 Å². The highest BCUT2D eigenvalue weighted by Gasteiger charge is 2.33. The van der Waals surface area contributed by atoms with Crippen molar-refractivity contribution in [3.05, 3.63) is 100 Å². The highest BCUT2D eigenvalue weighted by molar-refractivity contribution is 7.92. The molecule has 38 heavy (non-hydrogen) atoms. The molecule has 3 rings (SSSR count). The van der Waals surface area contributed by atoms with Gasteiger partial charge in [0.05, 0.1) is 11.9 Å². The quantitative estimate of drug-likeness (QED) is 0.377. The third kappa shape index (κ3) is 7.36. The number of anilines is 1. The molecular weight excluding hydrogens is 522 g/mol. The standard InChI is InChI=1S/C29H34ClN3O4S/c1-5-31-29(35)27(18-23-13-7-6-8-14-23)32(19-24-15-9-10-16-25(24)30)28(34)20-33(38(4,36)37)26-17-11-12-21(2)22(26)3/h6-17,27H,5,18-20H2,1-4H3,(H,31,35)/t27-/m0/s1. The second-order valence-electron chi connectivity index (χ2n) is 9.20. The maximum Gasteiger partial charge on any atom is 0.244 e. The third-order valence-corrected chi connectivity index (χ3v) is 7.94. The van der Waals surface area contributed by atoms with Crippen LogP contribution >= 0.6 is 11.6 Å². The highest BCUT2D eigenvalue weighted by Crippen LogP contribution is 2.26. The SMILES string of the molecule is CCNC(=O)[C@H](Cc1ccccc1)N(Cc1ccccc1Cl)C(=O)CN(c1cccc(C)c1C)S(C)(=O)=O. The summed E-state index contributed by atoms with van der Waals surface area (Å²) in [6.07, 6.45) is 1.33. The molecule has 0 aliphatic carbocycles. The number of benzene rings is 3. The summed E-state index contributed by atoms with van der Waals surface area (Å²) < 4.78 is 26.9. The number of nitrogens with one attached hydrogen (secondary N) is 1. The van der Waals surface area contributed by atoms with E-state index < -0.39 is 28.5 Å². The number of likely N-dealkylation sites (N-methyl/N-ethyl adjacent to an activating group) is 1. The van der Waals surface area contributed by atoms with Crippen LogP contribution in [0.2, 0.25) is 5.02 Å². The molecule has 1 N–H and O–H groups in total. The Kier molecular flexibility index (Phi) is 9.94. The van der Waals surface area contributed by atoms with E-state index in [2.05, 4.69) is 5.32 Å². The Bertz CT molecular complexity index is 1380. The summed E-state index contributed by atoms with van der Waals surface area (Å²) in [5, 5.41) is 3.29. The summed E-state index contributed by atoms with van der Waals surface area (Å²) in [5.74, 6) is -0.835. The number of halogens is 1.